The minimum absolute atomic E-state index is 0.180. The first-order valence-electron chi connectivity index (χ1n) is 5.64. The van der Waals surface area contributed by atoms with Crippen LogP contribution in [-0.4, -0.2) is 10.5 Å². The van der Waals surface area contributed by atoms with E-state index < -0.39 is 0 Å². The SMILES string of the molecule is CCCC(C)OC(CI)c1ccc(Cl)cc1. The van der Waals surface area contributed by atoms with E-state index in [-0.39, 0.29) is 6.10 Å². The van der Waals surface area contributed by atoms with Gasteiger partial charge < -0.3 is 4.74 Å². The number of hydrogen-bond acceptors (Lipinski definition) is 1. The van der Waals surface area contributed by atoms with Gasteiger partial charge in [-0.25, -0.2) is 0 Å². The summed E-state index contributed by atoms with van der Waals surface area (Å²) in [5.74, 6) is 0. The van der Waals surface area contributed by atoms with Crippen LogP contribution in [0.5, 0.6) is 0 Å². The molecule has 0 saturated heterocycles. The Kier molecular flexibility index (Phi) is 6.70. The lowest BCUT2D eigenvalue weighted by atomic mass is 10.1. The maximum absolute atomic E-state index is 6.02. The molecule has 1 rings (SSSR count). The summed E-state index contributed by atoms with van der Waals surface area (Å²) in [6.45, 7) is 4.32. The Bertz CT molecular complexity index is 299. The highest BCUT2D eigenvalue weighted by atomic mass is 127. The maximum atomic E-state index is 6.02. The average molecular weight is 353 g/mol. The predicted molar refractivity (Wildman–Crippen MR) is 78.5 cm³/mol. The van der Waals surface area contributed by atoms with E-state index >= 15 is 0 Å². The Labute approximate surface area is 117 Å². The Hall–Kier alpha value is 0.200. The second-order valence-corrected chi connectivity index (χ2v) is 5.25. The van der Waals surface area contributed by atoms with Gasteiger partial charge in [-0.05, 0) is 31.0 Å². The standard InChI is InChI=1S/C13H18ClIO/c1-3-4-10(2)16-13(9-15)11-5-7-12(14)8-6-11/h5-8,10,13H,3-4,9H2,1-2H3. The first-order chi connectivity index (χ1) is 7.67. The number of halogens is 2. The van der Waals surface area contributed by atoms with E-state index in [1.54, 1.807) is 0 Å². The second kappa shape index (κ2) is 7.51. The van der Waals surface area contributed by atoms with Crippen molar-refractivity contribution < 1.29 is 4.74 Å². The normalized spacial score (nSPS) is 14.8. The van der Waals surface area contributed by atoms with Crippen LogP contribution >= 0.6 is 34.2 Å². The van der Waals surface area contributed by atoms with Gasteiger partial charge in [-0.15, -0.1) is 0 Å². The van der Waals surface area contributed by atoms with Crippen molar-refractivity contribution >= 4 is 34.2 Å². The van der Waals surface area contributed by atoms with Crippen molar-refractivity contribution in [1.29, 1.82) is 0 Å². The van der Waals surface area contributed by atoms with Gasteiger partial charge in [0.1, 0.15) is 0 Å². The van der Waals surface area contributed by atoms with Crippen molar-refractivity contribution in [3.05, 3.63) is 34.9 Å². The molecule has 1 aromatic rings. The summed E-state index contributed by atoms with van der Waals surface area (Å²) in [5.41, 5.74) is 1.21. The molecule has 0 heterocycles. The number of benzene rings is 1. The van der Waals surface area contributed by atoms with E-state index in [1.165, 1.54) is 5.56 Å². The van der Waals surface area contributed by atoms with Gasteiger partial charge >= 0.3 is 0 Å². The molecule has 0 aromatic heterocycles. The van der Waals surface area contributed by atoms with E-state index in [9.17, 15) is 0 Å². The van der Waals surface area contributed by atoms with Gasteiger partial charge in [0.25, 0.3) is 0 Å². The molecule has 0 saturated carbocycles. The lowest BCUT2D eigenvalue weighted by Gasteiger charge is -2.21. The summed E-state index contributed by atoms with van der Waals surface area (Å²) < 4.78 is 6.98. The average Bonchev–Trinajstić information content (AvgIpc) is 2.27. The number of alkyl halides is 1. The zero-order chi connectivity index (χ0) is 12.0. The number of hydrogen-bond donors (Lipinski definition) is 0. The van der Waals surface area contributed by atoms with Crippen LogP contribution in [0.15, 0.2) is 24.3 Å². The molecule has 2 atom stereocenters. The molecule has 1 aromatic carbocycles. The molecule has 0 aliphatic rings. The topological polar surface area (TPSA) is 9.23 Å². The van der Waals surface area contributed by atoms with Crippen LogP contribution in [0.3, 0.4) is 0 Å². The summed E-state index contributed by atoms with van der Waals surface area (Å²) in [7, 11) is 0. The molecule has 3 heteroatoms. The summed E-state index contributed by atoms with van der Waals surface area (Å²) >= 11 is 8.24. The van der Waals surface area contributed by atoms with Crippen LogP contribution in [-0.2, 0) is 4.74 Å². The van der Waals surface area contributed by atoms with Crippen LogP contribution in [0.1, 0.15) is 38.4 Å². The molecule has 0 radical (unpaired) electrons. The van der Waals surface area contributed by atoms with Crippen molar-refractivity contribution in [3.8, 4) is 0 Å². The van der Waals surface area contributed by atoms with Crippen molar-refractivity contribution in [2.45, 2.75) is 38.9 Å². The molecule has 1 nitrogen and oxygen atoms in total. The summed E-state index contributed by atoms with van der Waals surface area (Å²) in [6, 6.07) is 7.93. The van der Waals surface area contributed by atoms with Gasteiger partial charge in [0.15, 0.2) is 0 Å². The monoisotopic (exact) mass is 352 g/mol. The minimum Gasteiger partial charge on any atom is -0.370 e. The van der Waals surface area contributed by atoms with Gasteiger partial charge in [-0.3, -0.25) is 0 Å². The van der Waals surface area contributed by atoms with E-state index in [4.69, 9.17) is 16.3 Å². The maximum Gasteiger partial charge on any atom is 0.0917 e. The third-order valence-electron chi connectivity index (χ3n) is 2.47. The molecule has 0 aliphatic heterocycles. The van der Waals surface area contributed by atoms with Crippen LogP contribution in [0, 0.1) is 0 Å². The molecule has 0 N–H and O–H groups in total. The van der Waals surface area contributed by atoms with E-state index in [0.29, 0.717) is 6.10 Å². The predicted octanol–water partition coefficient (Wildman–Crippen LogP) is 5.02. The van der Waals surface area contributed by atoms with Crippen molar-refractivity contribution in [2.24, 2.45) is 0 Å². The highest BCUT2D eigenvalue weighted by molar-refractivity contribution is 14.1. The molecule has 0 bridgehead atoms. The van der Waals surface area contributed by atoms with Gasteiger partial charge in [0.05, 0.1) is 12.2 Å². The Morgan fingerprint density at radius 2 is 1.94 bits per heavy atom. The Morgan fingerprint density at radius 1 is 1.31 bits per heavy atom. The fourth-order valence-corrected chi connectivity index (χ4v) is 2.48. The van der Waals surface area contributed by atoms with Crippen LogP contribution in [0.2, 0.25) is 5.02 Å². The fourth-order valence-electron chi connectivity index (χ4n) is 1.64. The zero-order valence-electron chi connectivity index (χ0n) is 9.75. The van der Waals surface area contributed by atoms with E-state index in [0.717, 1.165) is 22.3 Å². The van der Waals surface area contributed by atoms with Gasteiger partial charge in [0, 0.05) is 9.45 Å². The quantitative estimate of drug-likeness (QED) is 0.516. The fraction of sp³-hybridized carbons (Fsp3) is 0.538. The number of rotatable bonds is 6. The summed E-state index contributed by atoms with van der Waals surface area (Å²) in [6.07, 6.45) is 2.77. The molecule has 0 spiro atoms. The summed E-state index contributed by atoms with van der Waals surface area (Å²) in [5, 5.41) is 0.776. The summed E-state index contributed by atoms with van der Waals surface area (Å²) in [4.78, 5) is 0. The molecule has 90 valence electrons. The smallest absolute Gasteiger partial charge is 0.0917 e. The van der Waals surface area contributed by atoms with Gasteiger partial charge in [0.2, 0.25) is 0 Å². The van der Waals surface area contributed by atoms with Crippen molar-refractivity contribution in [1.82, 2.24) is 0 Å². The first-order valence-corrected chi connectivity index (χ1v) is 7.54. The van der Waals surface area contributed by atoms with Crippen LogP contribution < -0.4 is 0 Å². The van der Waals surface area contributed by atoms with Gasteiger partial charge in [-0.1, -0.05) is 59.7 Å². The molecular weight excluding hydrogens is 334 g/mol. The zero-order valence-corrected chi connectivity index (χ0v) is 12.7. The van der Waals surface area contributed by atoms with E-state index in [1.807, 2.05) is 24.3 Å². The van der Waals surface area contributed by atoms with Crippen LogP contribution in [0.25, 0.3) is 0 Å². The molecule has 2 unspecified atom stereocenters. The van der Waals surface area contributed by atoms with E-state index in [2.05, 4.69) is 36.4 Å². The lowest BCUT2D eigenvalue weighted by molar-refractivity contribution is 0.00681. The molecule has 16 heavy (non-hydrogen) atoms. The Balaban J connectivity index is 2.63. The molecule has 0 amide bonds. The number of ether oxygens (including phenoxy) is 1. The largest absolute Gasteiger partial charge is 0.370 e. The van der Waals surface area contributed by atoms with Gasteiger partial charge in [-0.2, -0.15) is 0 Å². The molecule has 0 aliphatic carbocycles. The van der Waals surface area contributed by atoms with Crippen LogP contribution in [0.4, 0.5) is 0 Å². The highest BCUT2D eigenvalue weighted by Gasteiger charge is 2.13. The molecule has 0 fully saturated rings. The Morgan fingerprint density at radius 3 is 2.44 bits per heavy atom. The third kappa shape index (κ3) is 4.60. The third-order valence-corrected chi connectivity index (χ3v) is 3.53. The molecular formula is C13H18ClIO. The minimum atomic E-state index is 0.180. The highest BCUT2D eigenvalue weighted by Crippen LogP contribution is 2.24. The van der Waals surface area contributed by atoms with Crippen molar-refractivity contribution in [3.63, 3.8) is 0 Å². The van der Waals surface area contributed by atoms with Crippen molar-refractivity contribution in [2.75, 3.05) is 4.43 Å². The lowest BCUT2D eigenvalue weighted by Crippen LogP contribution is -2.14. The second-order valence-electron chi connectivity index (χ2n) is 3.93. The first kappa shape index (κ1) is 14.3.